The summed E-state index contributed by atoms with van der Waals surface area (Å²) in [7, 11) is 1.65. The van der Waals surface area contributed by atoms with Crippen molar-refractivity contribution >= 4 is 39.2 Å². The van der Waals surface area contributed by atoms with Gasteiger partial charge < -0.3 is 9.64 Å². The van der Waals surface area contributed by atoms with Crippen LogP contribution in [0.5, 0.6) is 0 Å². The summed E-state index contributed by atoms with van der Waals surface area (Å²) in [6, 6.07) is 3.15. The first-order valence-electron chi connectivity index (χ1n) is 9.65. The second kappa shape index (κ2) is 7.48. The van der Waals surface area contributed by atoms with Crippen molar-refractivity contribution < 1.29 is 9.53 Å². The van der Waals surface area contributed by atoms with Crippen LogP contribution in [0.15, 0.2) is 34.7 Å². The second-order valence-corrected chi connectivity index (χ2v) is 8.03. The highest BCUT2D eigenvalue weighted by Crippen LogP contribution is 2.23. The van der Waals surface area contributed by atoms with Gasteiger partial charge in [0.25, 0.3) is 5.56 Å². The van der Waals surface area contributed by atoms with Crippen LogP contribution in [0.4, 0.5) is 5.95 Å². The maximum Gasteiger partial charge on any atom is 0.329 e. The summed E-state index contributed by atoms with van der Waals surface area (Å²) in [6.07, 6.45) is 5.92. The Hall–Kier alpha value is -3.34. The number of aryl methyl sites for hydroxylation is 1. The van der Waals surface area contributed by atoms with E-state index in [0.717, 1.165) is 12.8 Å². The van der Waals surface area contributed by atoms with Crippen LogP contribution in [0, 0.1) is 0 Å². The molecule has 0 spiro atoms. The third-order valence-corrected chi connectivity index (χ3v) is 6.22. The fraction of sp³-hybridized carbons (Fsp3) is 0.368. The molecule has 0 aromatic carbocycles. The number of rotatable bonds is 4. The third-order valence-electron chi connectivity index (χ3n) is 5.32. The van der Waals surface area contributed by atoms with E-state index < -0.39 is 6.04 Å². The predicted octanol–water partition coefficient (Wildman–Crippen LogP) is 1.53. The van der Waals surface area contributed by atoms with Gasteiger partial charge in [0.1, 0.15) is 10.7 Å². The van der Waals surface area contributed by atoms with Crippen LogP contribution in [-0.2, 0) is 23.2 Å². The summed E-state index contributed by atoms with van der Waals surface area (Å²) in [4.78, 5) is 35.8. The number of carbonyl (C=O) groups is 1. The fourth-order valence-corrected chi connectivity index (χ4v) is 4.68. The van der Waals surface area contributed by atoms with Crippen LogP contribution >= 0.6 is 11.3 Å². The van der Waals surface area contributed by atoms with Crippen molar-refractivity contribution in [2.24, 2.45) is 7.05 Å². The highest BCUT2D eigenvalue weighted by Gasteiger charge is 2.32. The van der Waals surface area contributed by atoms with Crippen molar-refractivity contribution in [2.75, 3.05) is 11.4 Å². The maximum absolute atomic E-state index is 12.9. The monoisotopic (exact) mass is 425 g/mol. The molecule has 4 aromatic heterocycles. The number of carbonyl (C=O) groups excluding carboxylic acids is 1. The van der Waals surface area contributed by atoms with Crippen molar-refractivity contribution in [3.63, 3.8) is 0 Å². The summed E-state index contributed by atoms with van der Waals surface area (Å²) in [5.74, 6) is 1.07. The number of fused-ring (bicyclic) bond motifs is 3. The molecule has 0 N–H and O–H groups in total. The van der Waals surface area contributed by atoms with E-state index in [1.54, 1.807) is 29.9 Å². The van der Waals surface area contributed by atoms with Gasteiger partial charge in [0.05, 0.1) is 5.52 Å². The Kier molecular flexibility index (Phi) is 4.66. The number of piperidine rings is 1. The molecule has 0 saturated carbocycles. The van der Waals surface area contributed by atoms with Gasteiger partial charge in [-0.1, -0.05) is 0 Å². The van der Waals surface area contributed by atoms with Crippen LogP contribution in [-0.4, -0.2) is 47.7 Å². The quantitative estimate of drug-likeness (QED) is 0.453. The van der Waals surface area contributed by atoms with E-state index >= 15 is 0 Å². The van der Waals surface area contributed by atoms with Crippen molar-refractivity contribution in [3.8, 4) is 0 Å². The molecule has 0 aliphatic carbocycles. The lowest BCUT2D eigenvalue weighted by Crippen LogP contribution is -2.46. The van der Waals surface area contributed by atoms with Gasteiger partial charge in [-0.2, -0.15) is 0 Å². The summed E-state index contributed by atoms with van der Waals surface area (Å²) in [6.45, 7) is 0.665. The standard InChI is InChI=1S/C19H19N7O3S/c1-24-16(27)15-12(6-10-30-15)26-14(22-23-19(24)26)11-29-17(28)13-5-2-3-9-25(13)18-20-7-4-8-21-18/h4,6-8,10,13H,2-3,5,9,11H2,1H3. The molecule has 11 heteroatoms. The van der Waals surface area contributed by atoms with Gasteiger partial charge in [-0.05, 0) is 36.8 Å². The zero-order valence-corrected chi connectivity index (χ0v) is 17.1. The Morgan fingerprint density at radius 1 is 1.27 bits per heavy atom. The summed E-state index contributed by atoms with van der Waals surface area (Å²) in [5, 5.41) is 10.1. The molecule has 154 valence electrons. The molecule has 1 unspecified atom stereocenters. The van der Waals surface area contributed by atoms with Crippen LogP contribution in [0.2, 0.25) is 0 Å². The van der Waals surface area contributed by atoms with E-state index in [0.29, 0.717) is 40.7 Å². The molecular formula is C19H19N7O3S. The first-order chi connectivity index (χ1) is 14.6. The lowest BCUT2D eigenvalue weighted by atomic mass is 10.0. The number of hydrogen-bond donors (Lipinski definition) is 0. The minimum Gasteiger partial charge on any atom is -0.456 e. The SMILES string of the molecule is Cn1c(=O)c2sccc2n2c(COC(=O)C3CCCCN3c3ncccn3)nnc12. The average Bonchev–Trinajstić information content (AvgIpc) is 3.43. The zero-order chi connectivity index (χ0) is 20.7. The Bertz CT molecular complexity index is 1280. The largest absolute Gasteiger partial charge is 0.456 e. The minimum absolute atomic E-state index is 0.0386. The lowest BCUT2D eigenvalue weighted by molar-refractivity contribution is -0.147. The Morgan fingerprint density at radius 3 is 2.93 bits per heavy atom. The van der Waals surface area contributed by atoms with E-state index in [1.807, 2.05) is 16.3 Å². The molecule has 0 radical (unpaired) electrons. The first-order valence-corrected chi connectivity index (χ1v) is 10.5. The van der Waals surface area contributed by atoms with Crippen LogP contribution in [0.25, 0.3) is 16.0 Å². The molecule has 5 rings (SSSR count). The molecule has 1 aliphatic rings. The molecule has 0 bridgehead atoms. The molecule has 4 aromatic rings. The first kappa shape index (κ1) is 18.7. The Balaban J connectivity index is 1.41. The van der Waals surface area contributed by atoms with Gasteiger partial charge in [-0.25, -0.2) is 14.8 Å². The van der Waals surface area contributed by atoms with Crippen molar-refractivity contribution in [1.82, 2.24) is 29.1 Å². The lowest BCUT2D eigenvalue weighted by Gasteiger charge is -2.33. The maximum atomic E-state index is 12.9. The zero-order valence-electron chi connectivity index (χ0n) is 16.3. The summed E-state index contributed by atoms with van der Waals surface area (Å²) >= 11 is 1.36. The van der Waals surface area contributed by atoms with Gasteiger partial charge in [0, 0.05) is 26.0 Å². The number of nitrogens with zero attached hydrogens (tertiary/aromatic N) is 7. The normalized spacial score (nSPS) is 17.0. The molecule has 1 fully saturated rings. The third kappa shape index (κ3) is 3.02. The van der Waals surface area contributed by atoms with Crippen LogP contribution in [0.1, 0.15) is 25.1 Å². The van der Waals surface area contributed by atoms with Gasteiger partial charge in [-0.15, -0.1) is 21.5 Å². The number of ether oxygens (including phenoxy) is 1. The molecule has 0 amide bonds. The summed E-state index contributed by atoms with van der Waals surface area (Å²) < 4.78 is 9.46. The second-order valence-electron chi connectivity index (χ2n) is 7.11. The van der Waals surface area contributed by atoms with E-state index in [-0.39, 0.29) is 18.1 Å². The Labute approximate surface area is 174 Å². The number of aromatic nitrogens is 6. The highest BCUT2D eigenvalue weighted by atomic mass is 32.1. The van der Waals surface area contributed by atoms with Crippen LogP contribution in [0.3, 0.4) is 0 Å². The van der Waals surface area contributed by atoms with Gasteiger partial charge in [0.2, 0.25) is 11.7 Å². The van der Waals surface area contributed by atoms with Crippen molar-refractivity contribution in [3.05, 3.63) is 46.1 Å². The van der Waals surface area contributed by atoms with Crippen molar-refractivity contribution in [2.45, 2.75) is 31.9 Å². The molecule has 30 heavy (non-hydrogen) atoms. The van der Waals surface area contributed by atoms with Gasteiger partial charge in [0.15, 0.2) is 12.4 Å². The molecule has 5 heterocycles. The minimum atomic E-state index is -0.439. The van der Waals surface area contributed by atoms with E-state index in [9.17, 15) is 9.59 Å². The average molecular weight is 425 g/mol. The number of hydrogen-bond acceptors (Lipinski definition) is 9. The predicted molar refractivity (Wildman–Crippen MR) is 110 cm³/mol. The van der Waals surface area contributed by atoms with E-state index in [2.05, 4.69) is 20.2 Å². The smallest absolute Gasteiger partial charge is 0.329 e. The van der Waals surface area contributed by atoms with Gasteiger partial charge >= 0.3 is 5.97 Å². The molecule has 10 nitrogen and oxygen atoms in total. The topological polar surface area (TPSA) is 108 Å². The Morgan fingerprint density at radius 2 is 2.10 bits per heavy atom. The number of thiophene rings is 1. The molecule has 1 aliphatic heterocycles. The molecule has 1 saturated heterocycles. The molecular weight excluding hydrogens is 406 g/mol. The number of esters is 1. The van der Waals surface area contributed by atoms with Crippen molar-refractivity contribution in [1.29, 1.82) is 0 Å². The van der Waals surface area contributed by atoms with Gasteiger partial charge in [-0.3, -0.25) is 13.8 Å². The summed E-state index contributed by atoms with van der Waals surface area (Å²) in [5.41, 5.74) is 0.593. The van der Waals surface area contributed by atoms with E-state index in [4.69, 9.17) is 4.74 Å². The highest BCUT2D eigenvalue weighted by molar-refractivity contribution is 7.17. The number of anilines is 1. The van der Waals surface area contributed by atoms with Crippen LogP contribution < -0.4 is 10.5 Å². The van der Waals surface area contributed by atoms with E-state index in [1.165, 1.54) is 15.9 Å². The fourth-order valence-electron chi connectivity index (χ4n) is 3.83. The molecule has 1 atom stereocenters.